The second kappa shape index (κ2) is 8.23. The van der Waals surface area contributed by atoms with E-state index in [0.717, 1.165) is 12.0 Å². The van der Waals surface area contributed by atoms with Gasteiger partial charge in [0.05, 0.1) is 0 Å². The van der Waals surface area contributed by atoms with Gasteiger partial charge < -0.3 is 10.1 Å². The highest BCUT2D eigenvalue weighted by Crippen LogP contribution is 2.18. The highest BCUT2D eigenvalue weighted by atomic mass is 35.5. The second-order valence-electron chi connectivity index (χ2n) is 5.21. The Labute approximate surface area is 146 Å². The first-order chi connectivity index (χ1) is 11.0. The van der Waals surface area contributed by atoms with Crippen LogP contribution < -0.4 is 10.1 Å². The smallest absolute Gasteiger partial charge is 0.254 e. The zero-order valence-corrected chi connectivity index (χ0v) is 14.6. The van der Waals surface area contributed by atoms with Gasteiger partial charge in [0, 0.05) is 5.56 Å². The van der Waals surface area contributed by atoms with Crippen molar-refractivity contribution >= 4 is 29.1 Å². The van der Waals surface area contributed by atoms with Gasteiger partial charge in [-0.15, -0.1) is 0 Å². The number of amides is 1. The van der Waals surface area contributed by atoms with E-state index in [1.165, 1.54) is 5.56 Å². The predicted octanol–water partition coefficient (Wildman–Crippen LogP) is 4.50. The number of carbonyl (C=O) groups is 1. The number of carbonyl (C=O) groups excluding carboxylic acids is 1. The Morgan fingerprint density at radius 1 is 1.09 bits per heavy atom. The van der Waals surface area contributed by atoms with Crippen LogP contribution in [0.3, 0.4) is 0 Å². The molecule has 0 spiro atoms. The third-order valence-electron chi connectivity index (χ3n) is 3.41. The second-order valence-corrected chi connectivity index (χ2v) is 6.37. The Morgan fingerprint density at radius 2 is 1.70 bits per heavy atom. The molecule has 0 aliphatic heterocycles. The third kappa shape index (κ3) is 5.15. The summed E-state index contributed by atoms with van der Waals surface area (Å²) in [5, 5.41) is 2.70. The molecule has 2 aromatic rings. The van der Waals surface area contributed by atoms with Gasteiger partial charge in [-0.05, 0) is 43.2 Å². The fraction of sp³-hybridized carbons (Fsp3) is 0.278. The summed E-state index contributed by atoms with van der Waals surface area (Å²) in [6.45, 7) is 4.04. The lowest BCUT2D eigenvalue weighted by molar-refractivity contribution is 0.0845. The van der Waals surface area contributed by atoms with Gasteiger partial charge in [-0.2, -0.15) is 0 Å². The molecule has 1 unspecified atom stereocenters. The number of rotatable bonds is 6. The molecule has 0 saturated heterocycles. The van der Waals surface area contributed by atoms with E-state index in [9.17, 15) is 4.79 Å². The van der Waals surface area contributed by atoms with Crippen molar-refractivity contribution in [2.24, 2.45) is 0 Å². The average Bonchev–Trinajstić information content (AvgIpc) is 2.55. The minimum Gasteiger partial charge on any atom is -0.468 e. The van der Waals surface area contributed by atoms with Gasteiger partial charge in [0.25, 0.3) is 5.91 Å². The van der Waals surface area contributed by atoms with Gasteiger partial charge >= 0.3 is 0 Å². The molecule has 1 atom stereocenters. The molecule has 1 N–H and O–H groups in total. The van der Waals surface area contributed by atoms with E-state index in [1.807, 2.05) is 43.3 Å². The predicted molar refractivity (Wildman–Crippen MR) is 94.4 cm³/mol. The van der Waals surface area contributed by atoms with Crippen molar-refractivity contribution in [3.05, 3.63) is 65.2 Å². The normalized spacial score (nSPS) is 12.0. The molecule has 0 saturated carbocycles. The molecule has 2 rings (SSSR count). The molecule has 5 heteroatoms. The maximum absolute atomic E-state index is 12.3. The minimum atomic E-state index is -0.893. The number of nitrogens with one attached hydrogen (secondary N) is 1. The molecule has 0 aliphatic carbocycles. The summed E-state index contributed by atoms with van der Waals surface area (Å²) in [6.07, 6.45) is 0.112. The van der Waals surface area contributed by atoms with Crippen LogP contribution in [-0.4, -0.2) is 17.0 Å². The molecule has 0 radical (unpaired) electrons. The SMILES string of the molecule is CCc1ccc(OC(NC(=O)c2ccc(C)cc2)C(Cl)Cl)cc1. The maximum atomic E-state index is 12.3. The molecule has 23 heavy (non-hydrogen) atoms. The summed E-state index contributed by atoms with van der Waals surface area (Å²) in [5.41, 5.74) is 2.81. The summed E-state index contributed by atoms with van der Waals surface area (Å²) in [6, 6.07) is 14.8. The van der Waals surface area contributed by atoms with Crippen molar-refractivity contribution in [3.8, 4) is 5.75 Å². The van der Waals surface area contributed by atoms with Crippen LogP contribution in [0.5, 0.6) is 5.75 Å². The molecular weight excluding hydrogens is 333 g/mol. The van der Waals surface area contributed by atoms with Gasteiger partial charge in [-0.1, -0.05) is 60.0 Å². The van der Waals surface area contributed by atoms with Crippen LogP contribution in [0, 0.1) is 6.92 Å². The van der Waals surface area contributed by atoms with Gasteiger partial charge in [0.15, 0.2) is 4.84 Å². The first kappa shape index (κ1) is 17.6. The molecule has 0 bridgehead atoms. The summed E-state index contributed by atoms with van der Waals surface area (Å²) in [4.78, 5) is 11.4. The topological polar surface area (TPSA) is 38.3 Å². The van der Waals surface area contributed by atoms with Crippen LogP contribution in [0.4, 0.5) is 0 Å². The fourth-order valence-corrected chi connectivity index (χ4v) is 2.24. The largest absolute Gasteiger partial charge is 0.468 e. The third-order valence-corrected chi connectivity index (χ3v) is 3.87. The van der Waals surface area contributed by atoms with E-state index >= 15 is 0 Å². The molecule has 122 valence electrons. The lowest BCUT2D eigenvalue weighted by Crippen LogP contribution is -2.43. The number of hydrogen-bond donors (Lipinski definition) is 1. The quantitative estimate of drug-likeness (QED) is 0.614. The number of aryl methyl sites for hydroxylation is 2. The monoisotopic (exact) mass is 351 g/mol. The van der Waals surface area contributed by atoms with Crippen molar-refractivity contribution < 1.29 is 9.53 Å². The molecular formula is C18H19Cl2NO2. The highest BCUT2D eigenvalue weighted by molar-refractivity contribution is 6.44. The molecule has 1 amide bonds. The number of ether oxygens (including phenoxy) is 1. The van der Waals surface area contributed by atoms with Crippen molar-refractivity contribution in [1.82, 2.24) is 5.32 Å². The number of halogens is 2. The van der Waals surface area contributed by atoms with Crippen LogP contribution in [0.25, 0.3) is 0 Å². The van der Waals surface area contributed by atoms with Crippen molar-refractivity contribution in [2.45, 2.75) is 31.3 Å². The van der Waals surface area contributed by atoms with Crippen LogP contribution in [0.15, 0.2) is 48.5 Å². The fourth-order valence-electron chi connectivity index (χ4n) is 2.01. The van der Waals surface area contributed by atoms with E-state index in [1.54, 1.807) is 12.1 Å². The van der Waals surface area contributed by atoms with Crippen LogP contribution in [-0.2, 0) is 6.42 Å². The molecule has 0 heterocycles. The zero-order valence-electron chi connectivity index (χ0n) is 13.1. The summed E-state index contributed by atoms with van der Waals surface area (Å²) >= 11 is 11.9. The standard InChI is InChI=1S/C18H19Cl2NO2/c1-3-13-6-10-15(11-7-13)23-18(16(19)20)21-17(22)14-8-4-12(2)5-9-14/h4-11,16,18H,3H2,1-2H3,(H,21,22). The van der Waals surface area contributed by atoms with Crippen molar-refractivity contribution in [3.63, 3.8) is 0 Å². The first-order valence-electron chi connectivity index (χ1n) is 7.41. The lowest BCUT2D eigenvalue weighted by Gasteiger charge is -2.21. The van der Waals surface area contributed by atoms with Crippen molar-refractivity contribution in [1.29, 1.82) is 0 Å². The van der Waals surface area contributed by atoms with Gasteiger partial charge in [0.1, 0.15) is 5.75 Å². The van der Waals surface area contributed by atoms with E-state index < -0.39 is 11.1 Å². The Kier molecular flexibility index (Phi) is 6.31. The molecule has 3 nitrogen and oxygen atoms in total. The average molecular weight is 352 g/mol. The molecule has 0 aliphatic rings. The zero-order chi connectivity index (χ0) is 16.8. The van der Waals surface area contributed by atoms with Gasteiger partial charge in [-0.25, -0.2) is 0 Å². The van der Waals surface area contributed by atoms with E-state index in [0.29, 0.717) is 11.3 Å². The number of hydrogen-bond acceptors (Lipinski definition) is 2. The summed E-state index contributed by atoms with van der Waals surface area (Å²) in [7, 11) is 0. The van der Waals surface area contributed by atoms with Crippen LogP contribution >= 0.6 is 23.2 Å². The molecule has 0 aromatic heterocycles. The maximum Gasteiger partial charge on any atom is 0.254 e. The Bertz CT molecular complexity index is 639. The van der Waals surface area contributed by atoms with Gasteiger partial charge in [-0.3, -0.25) is 4.79 Å². The molecule has 2 aromatic carbocycles. The first-order valence-corrected chi connectivity index (χ1v) is 8.28. The minimum absolute atomic E-state index is 0.286. The van der Waals surface area contributed by atoms with E-state index in [2.05, 4.69) is 12.2 Å². The van der Waals surface area contributed by atoms with E-state index in [-0.39, 0.29) is 5.91 Å². The van der Waals surface area contributed by atoms with E-state index in [4.69, 9.17) is 27.9 Å². The number of benzene rings is 2. The van der Waals surface area contributed by atoms with Crippen molar-refractivity contribution in [2.75, 3.05) is 0 Å². The Morgan fingerprint density at radius 3 is 2.22 bits per heavy atom. The number of alkyl halides is 2. The summed E-state index contributed by atoms with van der Waals surface area (Å²) < 4.78 is 5.70. The van der Waals surface area contributed by atoms with Gasteiger partial charge in [0.2, 0.25) is 6.23 Å². The Hall–Kier alpha value is -1.71. The highest BCUT2D eigenvalue weighted by Gasteiger charge is 2.22. The Balaban J connectivity index is 2.05. The lowest BCUT2D eigenvalue weighted by atomic mass is 10.1. The summed E-state index contributed by atoms with van der Waals surface area (Å²) in [5.74, 6) is 0.314. The van der Waals surface area contributed by atoms with Crippen LogP contribution in [0.2, 0.25) is 0 Å². The molecule has 0 fully saturated rings. The van der Waals surface area contributed by atoms with Crippen LogP contribution in [0.1, 0.15) is 28.4 Å².